The molecule has 0 unspecified atom stereocenters. The smallest absolute Gasteiger partial charge is 0.289 e. The van der Waals surface area contributed by atoms with Gasteiger partial charge in [-0.1, -0.05) is 12.1 Å². The highest BCUT2D eigenvalue weighted by Crippen LogP contribution is 2.47. The van der Waals surface area contributed by atoms with Gasteiger partial charge in [0.15, 0.2) is 5.76 Å². The van der Waals surface area contributed by atoms with Crippen LogP contribution in [0.25, 0.3) is 0 Å². The molecule has 6 rings (SSSR count). The van der Waals surface area contributed by atoms with Gasteiger partial charge in [0.05, 0.1) is 6.04 Å². The highest BCUT2D eigenvalue weighted by molar-refractivity contribution is 5.92. The van der Waals surface area contributed by atoms with E-state index in [0.29, 0.717) is 36.6 Å². The van der Waals surface area contributed by atoms with Crippen molar-refractivity contribution in [2.45, 2.75) is 37.5 Å². The molecule has 4 aliphatic rings. The molecule has 2 bridgehead atoms. The third kappa shape index (κ3) is 2.86. The molecule has 2 aromatic rings. The molecule has 148 valence electrons. The van der Waals surface area contributed by atoms with Gasteiger partial charge in [-0.15, -0.1) is 0 Å². The van der Waals surface area contributed by atoms with Gasteiger partial charge >= 0.3 is 0 Å². The van der Waals surface area contributed by atoms with Crippen LogP contribution < -0.4 is 0 Å². The molecule has 0 saturated carbocycles. The fraction of sp³-hybridized carbons (Fsp3) is 0.500. The first-order chi connectivity index (χ1) is 13.7. The Morgan fingerprint density at radius 2 is 1.89 bits per heavy atom. The van der Waals surface area contributed by atoms with E-state index >= 15 is 0 Å². The van der Waals surface area contributed by atoms with Crippen molar-refractivity contribution in [3.8, 4) is 0 Å². The Balaban J connectivity index is 1.47. The first kappa shape index (κ1) is 17.9. The van der Waals surface area contributed by atoms with Crippen LogP contribution in [0.2, 0.25) is 0 Å². The Morgan fingerprint density at radius 3 is 2.61 bits per heavy atom. The summed E-state index contributed by atoms with van der Waals surface area (Å²) < 4.78 is 24.3. The van der Waals surface area contributed by atoms with Crippen LogP contribution >= 0.6 is 0 Å². The minimum Gasteiger partial charge on any atom is -0.453 e. The lowest BCUT2D eigenvalue weighted by atomic mass is 9.75. The summed E-state index contributed by atoms with van der Waals surface area (Å²) in [6.45, 7) is 3.18. The minimum atomic E-state index is -0.224. The van der Waals surface area contributed by atoms with E-state index in [1.54, 1.807) is 19.2 Å². The number of rotatable bonds is 4. The molecule has 1 amide bonds. The zero-order chi connectivity index (χ0) is 19.3. The summed E-state index contributed by atoms with van der Waals surface area (Å²) in [6.07, 6.45) is 2.27. The number of methoxy groups -OCH3 is 1. The number of carbonyl (C=O) groups excluding carboxylic acids is 1. The van der Waals surface area contributed by atoms with Crippen molar-refractivity contribution in [3.63, 3.8) is 0 Å². The second kappa shape index (κ2) is 7.01. The van der Waals surface area contributed by atoms with Gasteiger partial charge in [-0.25, -0.2) is 4.39 Å². The Labute approximate surface area is 164 Å². The third-order valence-electron chi connectivity index (χ3n) is 6.71. The van der Waals surface area contributed by atoms with E-state index in [9.17, 15) is 9.18 Å². The molecular weight excluding hydrogens is 359 g/mol. The summed E-state index contributed by atoms with van der Waals surface area (Å²) >= 11 is 0. The summed E-state index contributed by atoms with van der Waals surface area (Å²) in [5.74, 6) is 1.49. The molecule has 4 saturated heterocycles. The minimum absolute atomic E-state index is 0.0456. The molecule has 0 aliphatic carbocycles. The number of hydrogen-bond donors (Lipinski definition) is 0. The van der Waals surface area contributed by atoms with Crippen molar-refractivity contribution in [2.24, 2.45) is 5.92 Å². The SMILES string of the molecule is COCc1ccc(C(=O)N2C[C@@H](c3ccc(F)cc3)[C@@H]3[C@H]2C2CCN3CC2)o1. The molecule has 3 atom stereocenters. The van der Waals surface area contributed by atoms with Gasteiger partial charge in [-0.3, -0.25) is 9.69 Å². The van der Waals surface area contributed by atoms with Crippen LogP contribution in [-0.2, 0) is 11.3 Å². The summed E-state index contributed by atoms with van der Waals surface area (Å²) in [5.41, 5.74) is 1.11. The van der Waals surface area contributed by atoms with Crippen LogP contribution in [0, 0.1) is 11.7 Å². The van der Waals surface area contributed by atoms with Crippen LogP contribution in [0.3, 0.4) is 0 Å². The molecule has 0 spiro atoms. The van der Waals surface area contributed by atoms with Gasteiger partial charge in [0.2, 0.25) is 0 Å². The molecule has 5 heterocycles. The Hall–Kier alpha value is -2.18. The van der Waals surface area contributed by atoms with Crippen molar-refractivity contribution in [2.75, 3.05) is 26.7 Å². The number of fused-ring (bicyclic) bond motifs is 2. The summed E-state index contributed by atoms with van der Waals surface area (Å²) in [6, 6.07) is 10.8. The van der Waals surface area contributed by atoms with Crippen LogP contribution in [-0.4, -0.2) is 54.5 Å². The number of hydrogen-bond acceptors (Lipinski definition) is 4. The lowest BCUT2D eigenvalue weighted by Crippen LogP contribution is -2.60. The second-order valence-electron chi connectivity index (χ2n) is 8.17. The zero-order valence-electron chi connectivity index (χ0n) is 16.0. The number of nitrogens with zero attached hydrogens (tertiary/aromatic N) is 2. The monoisotopic (exact) mass is 384 g/mol. The predicted octanol–water partition coefficient (Wildman–Crippen LogP) is 3.27. The van der Waals surface area contributed by atoms with Gasteiger partial charge in [0.25, 0.3) is 5.91 Å². The Kier molecular flexibility index (Phi) is 4.48. The number of furan rings is 1. The zero-order valence-corrected chi connectivity index (χ0v) is 16.0. The van der Waals surface area contributed by atoms with E-state index in [1.165, 1.54) is 12.1 Å². The lowest BCUT2D eigenvalue weighted by molar-refractivity contribution is -0.00439. The van der Waals surface area contributed by atoms with Crippen LogP contribution in [0.5, 0.6) is 0 Å². The van der Waals surface area contributed by atoms with E-state index < -0.39 is 0 Å². The molecule has 5 nitrogen and oxygen atoms in total. The molecule has 0 radical (unpaired) electrons. The maximum Gasteiger partial charge on any atom is 0.289 e. The van der Waals surface area contributed by atoms with E-state index in [2.05, 4.69) is 4.90 Å². The van der Waals surface area contributed by atoms with Crippen LogP contribution in [0.15, 0.2) is 40.8 Å². The highest BCUT2D eigenvalue weighted by atomic mass is 19.1. The number of piperidine rings is 3. The first-order valence-electron chi connectivity index (χ1n) is 10.0. The van der Waals surface area contributed by atoms with Crippen LogP contribution in [0.4, 0.5) is 4.39 Å². The van der Waals surface area contributed by atoms with Gasteiger partial charge < -0.3 is 14.1 Å². The Morgan fingerprint density at radius 1 is 1.14 bits per heavy atom. The molecule has 4 aliphatic heterocycles. The molecule has 1 aromatic heterocycles. The fourth-order valence-corrected chi connectivity index (χ4v) is 5.51. The quantitative estimate of drug-likeness (QED) is 0.812. The average molecular weight is 384 g/mol. The number of ether oxygens (including phenoxy) is 1. The van der Waals surface area contributed by atoms with Gasteiger partial charge in [-0.05, 0) is 61.7 Å². The van der Waals surface area contributed by atoms with E-state index in [-0.39, 0.29) is 23.7 Å². The molecule has 4 fully saturated rings. The lowest BCUT2D eigenvalue weighted by Gasteiger charge is -2.51. The van der Waals surface area contributed by atoms with Crippen molar-refractivity contribution in [3.05, 3.63) is 59.3 Å². The van der Waals surface area contributed by atoms with Crippen molar-refractivity contribution >= 4 is 5.91 Å². The standard InChI is InChI=1S/C22H25FN2O3/c1-27-13-17-6-7-19(28-17)22(26)25-12-18(14-2-4-16(23)5-3-14)21-20(25)15-8-10-24(21)11-9-15/h2-7,15,18,20-21H,8-13H2,1H3/t18-,20+,21+/m0/s1. The topological polar surface area (TPSA) is 45.9 Å². The summed E-state index contributed by atoms with van der Waals surface area (Å²) in [5, 5.41) is 0. The van der Waals surface area contributed by atoms with Gasteiger partial charge in [0.1, 0.15) is 18.2 Å². The molecule has 6 heteroatoms. The Bertz CT molecular complexity index is 857. The maximum atomic E-state index is 13.5. The fourth-order valence-electron chi connectivity index (χ4n) is 5.51. The van der Waals surface area contributed by atoms with E-state index in [0.717, 1.165) is 31.5 Å². The van der Waals surface area contributed by atoms with Crippen molar-refractivity contribution in [1.82, 2.24) is 9.80 Å². The van der Waals surface area contributed by atoms with Crippen LogP contribution in [0.1, 0.15) is 40.6 Å². The first-order valence-corrected chi connectivity index (χ1v) is 10.0. The predicted molar refractivity (Wildman–Crippen MR) is 101 cm³/mol. The highest BCUT2D eigenvalue weighted by Gasteiger charge is 2.55. The maximum absolute atomic E-state index is 13.5. The number of likely N-dealkylation sites (tertiary alicyclic amines) is 1. The largest absolute Gasteiger partial charge is 0.453 e. The molecule has 28 heavy (non-hydrogen) atoms. The van der Waals surface area contributed by atoms with Gasteiger partial charge in [0, 0.05) is 25.6 Å². The van der Waals surface area contributed by atoms with Crippen molar-refractivity contribution < 1.29 is 18.3 Å². The molecule has 1 aromatic carbocycles. The third-order valence-corrected chi connectivity index (χ3v) is 6.71. The van der Waals surface area contributed by atoms with E-state index in [4.69, 9.17) is 9.15 Å². The normalized spacial score (nSPS) is 31.2. The second-order valence-corrected chi connectivity index (χ2v) is 8.17. The van der Waals surface area contributed by atoms with E-state index in [1.807, 2.05) is 17.0 Å². The number of amides is 1. The van der Waals surface area contributed by atoms with Gasteiger partial charge in [-0.2, -0.15) is 0 Å². The average Bonchev–Trinajstić information content (AvgIpc) is 3.36. The molecule has 0 N–H and O–H groups in total. The molecular formula is C22H25FN2O3. The summed E-state index contributed by atoms with van der Waals surface area (Å²) in [4.78, 5) is 17.9. The number of benzene rings is 1. The number of halogens is 1. The number of carbonyl (C=O) groups is 1. The summed E-state index contributed by atoms with van der Waals surface area (Å²) in [7, 11) is 1.61. The van der Waals surface area contributed by atoms with Crippen molar-refractivity contribution in [1.29, 1.82) is 0 Å².